The number of aromatic nitrogens is 1. The molecule has 0 radical (unpaired) electrons. The van der Waals surface area contributed by atoms with Crippen molar-refractivity contribution in [3.05, 3.63) is 36.5 Å². The minimum absolute atomic E-state index is 0.0102. The summed E-state index contributed by atoms with van der Waals surface area (Å²) in [6.45, 7) is 2.63. The molecule has 1 aliphatic carbocycles. The third-order valence-corrected chi connectivity index (χ3v) is 3.53. The van der Waals surface area contributed by atoms with Crippen molar-refractivity contribution in [2.24, 2.45) is 5.73 Å². The Balaban J connectivity index is 1.82. The highest BCUT2D eigenvalue weighted by atomic mass is 16.5. The van der Waals surface area contributed by atoms with Crippen LogP contribution >= 0.6 is 0 Å². The van der Waals surface area contributed by atoms with Gasteiger partial charge in [-0.15, -0.1) is 0 Å². The summed E-state index contributed by atoms with van der Waals surface area (Å²) >= 11 is 0. The van der Waals surface area contributed by atoms with Gasteiger partial charge in [-0.3, -0.25) is 4.98 Å². The third-order valence-electron chi connectivity index (χ3n) is 3.53. The quantitative estimate of drug-likeness (QED) is 0.912. The Morgan fingerprint density at radius 3 is 2.95 bits per heavy atom. The molecule has 1 aromatic carbocycles. The summed E-state index contributed by atoms with van der Waals surface area (Å²) in [6, 6.07) is 9.99. The predicted molar refractivity (Wildman–Crippen MR) is 74.2 cm³/mol. The Bertz CT molecular complexity index is 568. The number of nitrogens with two attached hydrogens (primary N) is 1. The summed E-state index contributed by atoms with van der Waals surface area (Å²) < 4.78 is 11.6. The highest BCUT2D eigenvalue weighted by Gasteiger charge is 2.41. The van der Waals surface area contributed by atoms with Crippen molar-refractivity contribution < 1.29 is 9.47 Å². The van der Waals surface area contributed by atoms with Crippen molar-refractivity contribution in [1.29, 1.82) is 0 Å². The molecular weight excluding hydrogens is 240 g/mol. The lowest BCUT2D eigenvalue weighted by Gasteiger charge is -2.41. The van der Waals surface area contributed by atoms with Gasteiger partial charge in [-0.05, 0) is 19.1 Å². The van der Waals surface area contributed by atoms with Gasteiger partial charge in [0, 0.05) is 30.7 Å². The zero-order chi connectivity index (χ0) is 13.2. The van der Waals surface area contributed by atoms with E-state index in [4.69, 9.17) is 15.2 Å². The first-order valence-corrected chi connectivity index (χ1v) is 6.67. The van der Waals surface area contributed by atoms with Crippen molar-refractivity contribution in [1.82, 2.24) is 4.98 Å². The monoisotopic (exact) mass is 258 g/mol. The number of pyridine rings is 1. The smallest absolute Gasteiger partial charge is 0.146 e. The molecule has 2 N–H and O–H groups in total. The lowest BCUT2D eigenvalue weighted by Crippen LogP contribution is -2.59. The zero-order valence-corrected chi connectivity index (χ0v) is 11.0. The SMILES string of the molecule is CCOC1C(N)CC1Oc1cccc2cccnc12. The van der Waals surface area contributed by atoms with Gasteiger partial charge >= 0.3 is 0 Å². The Labute approximate surface area is 112 Å². The lowest BCUT2D eigenvalue weighted by molar-refractivity contribution is -0.0941. The summed E-state index contributed by atoms with van der Waals surface area (Å²) in [5, 5.41) is 1.08. The lowest BCUT2D eigenvalue weighted by atomic mass is 9.86. The van der Waals surface area contributed by atoms with E-state index >= 15 is 0 Å². The second kappa shape index (κ2) is 5.15. The molecule has 1 saturated carbocycles. The summed E-state index contributed by atoms with van der Waals surface area (Å²) in [7, 11) is 0. The van der Waals surface area contributed by atoms with Crippen molar-refractivity contribution in [3.8, 4) is 5.75 Å². The van der Waals surface area contributed by atoms with E-state index in [1.165, 1.54) is 0 Å². The average molecular weight is 258 g/mol. The number of benzene rings is 1. The number of hydrogen-bond donors (Lipinski definition) is 1. The van der Waals surface area contributed by atoms with Crippen LogP contribution in [0, 0.1) is 0 Å². The van der Waals surface area contributed by atoms with E-state index in [-0.39, 0.29) is 18.2 Å². The normalized spacial score (nSPS) is 26.1. The van der Waals surface area contributed by atoms with Gasteiger partial charge in [0.1, 0.15) is 23.5 Å². The molecule has 1 fully saturated rings. The van der Waals surface area contributed by atoms with Crippen LogP contribution < -0.4 is 10.5 Å². The second-order valence-corrected chi connectivity index (χ2v) is 4.81. The summed E-state index contributed by atoms with van der Waals surface area (Å²) in [6.07, 6.45) is 2.63. The molecule has 100 valence electrons. The van der Waals surface area contributed by atoms with E-state index in [0.29, 0.717) is 6.61 Å². The molecule has 0 amide bonds. The molecular formula is C15H18N2O2. The van der Waals surface area contributed by atoms with Gasteiger partial charge in [-0.2, -0.15) is 0 Å². The molecule has 3 atom stereocenters. The van der Waals surface area contributed by atoms with E-state index in [0.717, 1.165) is 23.1 Å². The van der Waals surface area contributed by atoms with Crippen LogP contribution in [0.15, 0.2) is 36.5 Å². The van der Waals surface area contributed by atoms with Crippen LogP contribution in [0.5, 0.6) is 5.75 Å². The Kier molecular flexibility index (Phi) is 3.36. The fraction of sp³-hybridized carbons (Fsp3) is 0.400. The summed E-state index contributed by atoms with van der Waals surface area (Å²) in [5.41, 5.74) is 6.83. The Morgan fingerprint density at radius 2 is 2.16 bits per heavy atom. The topological polar surface area (TPSA) is 57.4 Å². The molecule has 3 rings (SSSR count). The molecule has 3 unspecified atom stereocenters. The zero-order valence-electron chi connectivity index (χ0n) is 11.0. The molecule has 1 aliphatic rings. The number of nitrogens with zero attached hydrogens (tertiary/aromatic N) is 1. The maximum atomic E-state index is 6.03. The second-order valence-electron chi connectivity index (χ2n) is 4.81. The van der Waals surface area contributed by atoms with Crippen molar-refractivity contribution in [2.45, 2.75) is 31.6 Å². The summed E-state index contributed by atoms with van der Waals surface area (Å²) in [5.74, 6) is 0.805. The highest BCUT2D eigenvalue weighted by molar-refractivity contribution is 5.84. The summed E-state index contributed by atoms with van der Waals surface area (Å²) in [4.78, 5) is 4.39. The molecule has 0 spiro atoms. The first-order valence-electron chi connectivity index (χ1n) is 6.67. The number of ether oxygens (including phenoxy) is 2. The third kappa shape index (κ3) is 2.29. The standard InChI is InChI=1S/C15H18N2O2/c1-2-18-15-11(16)9-13(15)19-12-7-3-5-10-6-4-8-17-14(10)12/h3-8,11,13,15H,2,9,16H2,1H3. The minimum Gasteiger partial charge on any atom is -0.485 e. The van der Waals surface area contributed by atoms with E-state index in [1.54, 1.807) is 6.20 Å². The van der Waals surface area contributed by atoms with Crippen LogP contribution in [0.1, 0.15) is 13.3 Å². The van der Waals surface area contributed by atoms with Crippen LogP contribution in [-0.4, -0.2) is 29.8 Å². The van der Waals surface area contributed by atoms with Crippen LogP contribution in [0.2, 0.25) is 0 Å². The molecule has 0 saturated heterocycles. The van der Waals surface area contributed by atoms with Crippen molar-refractivity contribution in [3.63, 3.8) is 0 Å². The molecule has 4 nitrogen and oxygen atoms in total. The molecule has 1 heterocycles. The van der Waals surface area contributed by atoms with E-state index < -0.39 is 0 Å². The van der Waals surface area contributed by atoms with E-state index in [2.05, 4.69) is 4.98 Å². The first-order chi connectivity index (χ1) is 9.29. The molecule has 4 heteroatoms. The van der Waals surface area contributed by atoms with Gasteiger partial charge in [0.25, 0.3) is 0 Å². The van der Waals surface area contributed by atoms with Gasteiger partial charge in [0.2, 0.25) is 0 Å². The van der Waals surface area contributed by atoms with E-state index in [1.807, 2.05) is 37.3 Å². The molecule has 2 aromatic rings. The molecule has 1 aromatic heterocycles. The van der Waals surface area contributed by atoms with Crippen molar-refractivity contribution in [2.75, 3.05) is 6.61 Å². The molecule has 0 aliphatic heterocycles. The van der Waals surface area contributed by atoms with Crippen LogP contribution in [-0.2, 0) is 4.74 Å². The first kappa shape index (κ1) is 12.4. The number of fused-ring (bicyclic) bond motifs is 1. The van der Waals surface area contributed by atoms with Gasteiger partial charge in [-0.1, -0.05) is 18.2 Å². The fourth-order valence-corrected chi connectivity index (χ4v) is 2.49. The number of para-hydroxylation sites is 1. The van der Waals surface area contributed by atoms with Gasteiger partial charge < -0.3 is 15.2 Å². The largest absolute Gasteiger partial charge is 0.485 e. The van der Waals surface area contributed by atoms with Crippen LogP contribution in [0.25, 0.3) is 10.9 Å². The fourth-order valence-electron chi connectivity index (χ4n) is 2.49. The van der Waals surface area contributed by atoms with Crippen molar-refractivity contribution >= 4 is 10.9 Å². The maximum Gasteiger partial charge on any atom is 0.146 e. The van der Waals surface area contributed by atoms with E-state index in [9.17, 15) is 0 Å². The predicted octanol–water partition coefficient (Wildman–Crippen LogP) is 2.12. The van der Waals surface area contributed by atoms with Gasteiger partial charge in [-0.25, -0.2) is 0 Å². The highest BCUT2D eigenvalue weighted by Crippen LogP contribution is 2.31. The number of hydrogen-bond acceptors (Lipinski definition) is 4. The average Bonchev–Trinajstić information content (AvgIpc) is 2.45. The van der Waals surface area contributed by atoms with Gasteiger partial charge in [0.05, 0.1) is 0 Å². The minimum atomic E-state index is -0.0102. The van der Waals surface area contributed by atoms with Crippen LogP contribution in [0.4, 0.5) is 0 Å². The Morgan fingerprint density at radius 1 is 1.32 bits per heavy atom. The maximum absolute atomic E-state index is 6.03. The number of rotatable bonds is 4. The molecule has 0 bridgehead atoms. The molecule has 19 heavy (non-hydrogen) atoms. The van der Waals surface area contributed by atoms with Crippen LogP contribution in [0.3, 0.4) is 0 Å². The Hall–Kier alpha value is -1.65. The van der Waals surface area contributed by atoms with Gasteiger partial charge in [0.15, 0.2) is 0 Å².